The molecule has 1 rings (SSSR count). The largest absolute Gasteiger partial charge is 0.390 e. The summed E-state index contributed by atoms with van der Waals surface area (Å²) in [6.45, 7) is -0.144. The quantitative estimate of drug-likeness (QED) is 0.753. The highest BCUT2D eigenvalue weighted by atomic mass is 19.4. The minimum absolute atomic E-state index is 0.213. The summed E-state index contributed by atoms with van der Waals surface area (Å²) in [5, 5.41) is 2.29. The molecule has 0 saturated heterocycles. The van der Waals surface area contributed by atoms with E-state index in [1.807, 2.05) is 0 Å². The molecule has 0 aromatic carbocycles. The van der Waals surface area contributed by atoms with E-state index in [1.54, 1.807) is 0 Å². The van der Waals surface area contributed by atoms with Crippen LogP contribution >= 0.6 is 0 Å². The molecule has 88 valence electrons. The summed E-state index contributed by atoms with van der Waals surface area (Å²) in [4.78, 5) is 11.5. The monoisotopic (exact) mass is 224 g/mol. The molecule has 0 spiro atoms. The third kappa shape index (κ3) is 3.09. The molecule has 0 aromatic rings. The van der Waals surface area contributed by atoms with E-state index in [2.05, 4.69) is 5.32 Å². The number of rotatable bonds is 4. The number of alkyl halides is 3. The summed E-state index contributed by atoms with van der Waals surface area (Å²) in [6.07, 6.45) is -2.92. The Morgan fingerprint density at radius 3 is 2.33 bits per heavy atom. The first-order valence-corrected chi connectivity index (χ1v) is 4.95. The maximum absolute atomic E-state index is 11.8. The Bertz CT molecular complexity index is 230. The molecule has 0 bridgehead atoms. The zero-order chi connectivity index (χ0) is 11.5. The van der Waals surface area contributed by atoms with Crippen molar-refractivity contribution in [1.82, 2.24) is 5.32 Å². The van der Waals surface area contributed by atoms with Gasteiger partial charge in [-0.1, -0.05) is 6.42 Å². The maximum atomic E-state index is 11.8. The van der Waals surface area contributed by atoms with Crippen LogP contribution in [0.3, 0.4) is 0 Å². The molecular formula is C9H15F3N2O. The Hall–Kier alpha value is -0.780. The molecule has 3 nitrogen and oxygen atoms in total. The molecule has 3 N–H and O–H groups in total. The van der Waals surface area contributed by atoms with E-state index < -0.39 is 18.0 Å². The van der Waals surface area contributed by atoms with Crippen LogP contribution in [-0.2, 0) is 4.79 Å². The minimum atomic E-state index is -4.22. The van der Waals surface area contributed by atoms with E-state index in [0.717, 1.165) is 6.42 Å². The number of carbonyl (C=O) groups excluding carboxylic acids is 1. The van der Waals surface area contributed by atoms with Crippen LogP contribution in [0.25, 0.3) is 0 Å². The van der Waals surface area contributed by atoms with E-state index in [-0.39, 0.29) is 19.0 Å². The van der Waals surface area contributed by atoms with Crippen molar-refractivity contribution in [2.75, 3.05) is 13.1 Å². The molecule has 0 aliphatic heterocycles. The molecule has 15 heavy (non-hydrogen) atoms. The molecule has 1 aliphatic rings. The Kier molecular flexibility index (Phi) is 3.59. The highest BCUT2D eigenvalue weighted by Gasteiger charge is 2.42. The van der Waals surface area contributed by atoms with Crippen molar-refractivity contribution in [2.45, 2.75) is 31.9 Å². The number of nitrogens with one attached hydrogen (secondary N) is 1. The molecule has 1 fully saturated rings. The number of halogens is 3. The van der Waals surface area contributed by atoms with Crippen molar-refractivity contribution in [1.29, 1.82) is 0 Å². The number of carbonyl (C=O) groups is 1. The van der Waals surface area contributed by atoms with E-state index in [9.17, 15) is 18.0 Å². The lowest BCUT2D eigenvalue weighted by molar-refractivity contribution is -0.141. The molecule has 1 aliphatic carbocycles. The highest BCUT2D eigenvalue weighted by Crippen LogP contribution is 2.39. The van der Waals surface area contributed by atoms with Gasteiger partial charge >= 0.3 is 6.18 Å². The predicted molar refractivity (Wildman–Crippen MR) is 49.0 cm³/mol. The second-order valence-electron chi connectivity index (χ2n) is 3.96. The molecule has 0 radical (unpaired) electrons. The van der Waals surface area contributed by atoms with Gasteiger partial charge in [0.05, 0.1) is 11.8 Å². The first-order chi connectivity index (χ1) is 6.90. The van der Waals surface area contributed by atoms with E-state index in [4.69, 9.17) is 5.73 Å². The van der Waals surface area contributed by atoms with Crippen molar-refractivity contribution < 1.29 is 18.0 Å². The highest BCUT2D eigenvalue weighted by molar-refractivity contribution is 5.83. The van der Waals surface area contributed by atoms with E-state index in [1.165, 1.54) is 0 Å². The fourth-order valence-corrected chi connectivity index (χ4v) is 1.63. The van der Waals surface area contributed by atoms with Crippen LogP contribution in [0.15, 0.2) is 0 Å². The van der Waals surface area contributed by atoms with E-state index >= 15 is 0 Å². The van der Waals surface area contributed by atoms with Crippen molar-refractivity contribution >= 4 is 5.91 Å². The Labute approximate surface area is 86.2 Å². The SMILES string of the molecule is NCC1(C(=O)NCCC(F)(F)F)CCC1. The number of nitrogens with two attached hydrogens (primary N) is 1. The lowest BCUT2D eigenvalue weighted by Gasteiger charge is -2.39. The number of amides is 1. The van der Waals surface area contributed by atoms with Crippen LogP contribution in [0.5, 0.6) is 0 Å². The van der Waals surface area contributed by atoms with Crippen LogP contribution in [0.1, 0.15) is 25.7 Å². The zero-order valence-corrected chi connectivity index (χ0v) is 8.36. The fraction of sp³-hybridized carbons (Fsp3) is 0.889. The lowest BCUT2D eigenvalue weighted by Crippen LogP contribution is -2.50. The number of hydrogen-bond acceptors (Lipinski definition) is 2. The zero-order valence-electron chi connectivity index (χ0n) is 8.36. The first kappa shape index (κ1) is 12.3. The smallest absolute Gasteiger partial charge is 0.355 e. The van der Waals surface area contributed by atoms with Gasteiger partial charge in [-0.2, -0.15) is 13.2 Å². The van der Waals surface area contributed by atoms with Crippen LogP contribution in [0, 0.1) is 5.41 Å². The van der Waals surface area contributed by atoms with Gasteiger partial charge in [0.15, 0.2) is 0 Å². The molecule has 0 atom stereocenters. The van der Waals surface area contributed by atoms with Gasteiger partial charge in [-0.05, 0) is 12.8 Å². The van der Waals surface area contributed by atoms with Crippen LogP contribution in [-0.4, -0.2) is 25.2 Å². The normalized spacial score (nSPS) is 19.5. The second kappa shape index (κ2) is 4.38. The van der Waals surface area contributed by atoms with Gasteiger partial charge in [-0.3, -0.25) is 4.79 Å². The molecule has 0 aromatic heterocycles. The first-order valence-electron chi connectivity index (χ1n) is 4.95. The fourth-order valence-electron chi connectivity index (χ4n) is 1.63. The predicted octanol–water partition coefficient (Wildman–Crippen LogP) is 1.18. The Morgan fingerprint density at radius 1 is 1.40 bits per heavy atom. The van der Waals surface area contributed by atoms with Crippen molar-refractivity contribution in [3.8, 4) is 0 Å². The second-order valence-corrected chi connectivity index (χ2v) is 3.96. The van der Waals surface area contributed by atoms with Gasteiger partial charge < -0.3 is 11.1 Å². The summed E-state index contributed by atoms with van der Waals surface area (Å²) < 4.78 is 35.4. The third-order valence-electron chi connectivity index (χ3n) is 2.88. The average molecular weight is 224 g/mol. The summed E-state index contributed by atoms with van der Waals surface area (Å²) in [5.74, 6) is -0.333. The third-order valence-corrected chi connectivity index (χ3v) is 2.88. The topological polar surface area (TPSA) is 55.1 Å². The van der Waals surface area contributed by atoms with Gasteiger partial charge in [-0.15, -0.1) is 0 Å². The molecule has 1 saturated carbocycles. The Balaban J connectivity index is 2.30. The van der Waals surface area contributed by atoms with Crippen LogP contribution < -0.4 is 11.1 Å². The van der Waals surface area contributed by atoms with Gasteiger partial charge in [-0.25, -0.2) is 0 Å². The van der Waals surface area contributed by atoms with Gasteiger partial charge in [0.25, 0.3) is 0 Å². The summed E-state index contributed by atoms with van der Waals surface area (Å²) in [7, 11) is 0. The van der Waals surface area contributed by atoms with Gasteiger partial charge in [0.2, 0.25) is 5.91 Å². The van der Waals surface area contributed by atoms with Crippen molar-refractivity contribution in [2.24, 2.45) is 11.1 Å². The standard InChI is InChI=1S/C9H15F3N2O/c10-9(11,12)4-5-14-7(15)8(6-13)2-1-3-8/h1-6,13H2,(H,14,15). The van der Waals surface area contributed by atoms with Crippen molar-refractivity contribution in [3.63, 3.8) is 0 Å². The summed E-state index contributed by atoms with van der Waals surface area (Å²) >= 11 is 0. The molecule has 0 unspecified atom stereocenters. The number of hydrogen-bond donors (Lipinski definition) is 2. The van der Waals surface area contributed by atoms with Crippen molar-refractivity contribution in [3.05, 3.63) is 0 Å². The summed E-state index contributed by atoms with van der Waals surface area (Å²) in [6, 6.07) is 0. The van der Waals surface area contributed by atoms with Crippen LogP contribution in [0.4, 0.5) is 13.2 Å². The molecular weight excluding hydrogens is 209 g/mol. The minimum Gasteiger partial charge on any atom is -0.355 e. The lowest BCUT2D eigenvalue weighted by atomic mass is 9.68. The summed E-state index contributed by atoms with van der Waals surface area (Å²) in [5.41, 5.74) is 4.85. The molecule has 0 heterocycles. The maximum Gasteiger partial charge on any atom is 0.390 e. The average Bonchev–Trinajstić information content (AvgIpc) is 2.00. The van der Waals surface area contributed by atoms with Crippen LogP contribution in [0.2, 0.25) is 0 Å². The van der Waals surface area contributed by atoms with Gasteiger partial charge in [0.1, 0.15) is 0 Å². The Morgan fingerprint density at radius 2 is 2.00 bits per heavy atom. The van der Waals surface area contributed by atoms with Gasteiger partial charge in [0, 0.05) is 13.1 Å². The molecule has 1 amide bonds. The molecule has 6 heteroatoms. The van der Waals surface area contributed by atoms with E-state index in [0.29, 0.717) is 12.8 Å².